The molecule has 3 rings (SSSR count). The molecule has 0 N–H and O–H groups in total. The summed E-state index contributed by atoms with van der Waals surface area (Å²) in [7, 11) is -10.7. The summed E-state index contributed by atoms with van der Waals surface area (Å²) in [5.74, 6) is 0. The second-order valence-corrected chi connectivity index (χ2v) is 10.4. The average Bonchev–Trinajstić information content (AvgIpc) is 2.57. The summed E-state index contributed by atoms with van der Waals surface area (Å²) in [6.45, 7) is 0. The summed E-state index contributed by atoms with van der Waals surface area (Å²) in [5, 5.41) is 0. The van der Waals surface area contributed by atoms with Crippen LogP contribution in [0.1, 0.15) is 0 Å². The van der Waals surface area contributed by atoms with Gasteiger partial charge in [0, 0.05) is 45.4 Å². The second kappa shape index (κ2) is 8.29. The zero-order valence-electron chi connectivity index (χ0n) is 14.2. The SMILES string of the molecule is Br[C]1C=CC(=[N+](c2ccc(Br)cc2)c2ccc(Br)cc2)C=C1.F[P-](F)(F)(F)(F)F. The van der Waals surface area contributed by atoms with Crippen molar-refractivity contribution >= 4 is 72.7 Å². The Morgan fingerprint density at radius 2 is 0.862 bits per heavy atom. The Kier molecular flexibility index (Phi) is 6.95. The van der Waals surface area contributed by atoms with Crippen LogP contribution in [-0.4, -0.2) is 5.71 Å². The molecule has 2 aromatic rings. The molecule has 11 heteroatoms. The van der Waals surface area contributed by atoms with E-state index in [0.717, 1.165) is 30.9 Å². The van der Waals surface area contributed by atoms with Gasteiger partial charge in [0.2, 0.25) is 17.1 Å². The van der Waals surface area contributed by atoms with E-state index < -0.39 is 7.81 Å². The fraction of sp³-hybridized carbons (Fsp3) is 0. The zero-order valence-corrected chi connectivity index (χ0v) is 19.9. The minimum atomic E-state index is -10.7. The first-order valence-electron chi connectivity index (χ1n) is 7.72. The molecule has 29 heavy (non-hydrogen) atoms. The molecule has 0 spiro atoms. The van der Waals surface area contributed by atoms with Crippen molar-refractivity contribution in [3.63, 3.8) is 0 Å². The van der Waals surface area contributed by atoms with E-state index in [4.69, 9.17) is 0 Å². The number of benzene rings is 2. The third-order valence-electron chi connectivity index (χ3n) is 3.25. The van der Waals surface area contributed by atoms with E-state index in [9.17, 15) is 25.2 Å². The van der Waals surface area contributed by atoms with Crippen LogP contribution in [0, 0.1) is 4.83 Å². The molecule has 0 aromatic heterocycles. The topological polar surface area (TPSA) is 3.01 Å². The molecule has 0 saturated heterocycles. The Balaban J connectivity index is 0.000000370. The van der Waals surface area contributed by atoms with Crippen LogP contribution in [0.2, 0.25) is 0 Å². The quantitative estimate of drug-likeness (QED) is 0.177. The number of halogens is 9. The van der Waals surface area contributed by atoms with E-state index in [1.165, 1.54) is 0 Å². The van der Waals surface area contributed by atoms with Crippen LogP contribution >= 0.6 is 55.6 Å². The molecule has 1 radical (unpaired) electrons. The van der Waals surface area contributed by atoms with Gasteiger partial charge in [0.15, 0.2) is 0 Å². The number of hydrogen-bond donors (Lipinski definition) is 0. The van der Waals surface area contributed by atoms with Crippen LogP contribution in [0.3, 0.4) is 0 Å². The summed E-state index contributed by atoms with van der Waals surface area (Å²) < 4.78 is 63.6. The predicted molar refractivity (Wildman–Crippen MR) is 119 cm³/mol. The molecule has 0 aliphatic heterocycles. The number of nitrogens with zero attached hydrogens (tertiary/aromatic N) is 1. The third kappa shape index (κ3) is 10.1. The van der Waals surface area contributed by atoms with Crippen molar-refractivity contribution < 1.29 is 25.2 Å². The van der Waals surface area contributed by atoms with Gasteiger partial charge in [-0.05, 0) is 24.3 Å². The normalized spacial score (nSPS) is 16.5. The molecule has 157 valence electrons. The summed E-state index contributed by atoms with van der Waals surface area (Å²) in [6.07, 6.45) is 8.32. The van der Waals surface area contributed by atoms with Gasteiger partial charge in [-0.3, -0.25) is 0 Å². The molecule has 1 nitrogen and oxygen atoms in total. The molecule has 1 aliphatic carbocycles. The first-order valence-corrected chi connectivity index (χ1v) is 12.1. The van der Waals surface area contributed by atoms with Crippen molar-refractivity contribution in [2.24, 2.45) is 0 Å². The average molecular weight is 627 g/mol. The van der Waals surface area contributed by atoms with Gasteiger partial charge in [-0.2, -0.15) is 4.58 Å². The zero-order chi connectivity index (χ0) is 21.9. The van der Waals surface area contributed by atoms with E-state index in [0.29, 0.717) is 0 Å². The Morgan fingerprint density at radius 1 is 0.552 bits per heavy atom. The standard InChI is InChI=1S/C18H12Br3N.F6P/c19-13-1-7-16(8-2-13)22(17-9-3-14(20)4-10-17)18-11-5-15(21)6-12-18;1-7(2,3,4,5)6/h1-12H;/q+1;-1. The van der Waals surface area contributed by atoms with Crippen LogP contribution in [0.4, 0.5) is 36.6 Å². The maximum atomic E-state index is 9.87. The number of allylic oxidation sites excluding steroid dienone is 4. The van der Waals surface area contributed by atoms with Gasteiger partial charge in [-0.1, -0.05) is 59.9 Å². The molecule has 0 bridgehead atoms. The van der Waals surface area contributed by atoms with Crippen molar-refractivity contribution in [2.45, 2.75) is 0 Å². The Labute approximate surface area is 188 Å². The van der Waals surface area contributed by atoms with Gasteiger partial charge >= 0.3 is 33.0 Å². The number of hydrogen-bond acceptors (Lipinski definition) is 0. The molecule has 0 atom stereocenters. The van der Waals surface area contributed by atoms with Gasteiger partial charge < -0.3 is 0 Å². The molecular formula is C18H12Br3F6NP. The monoisotopic (exact) mass is 624 g/mol. The summed E-state index contributed by atoms with van der Waals surface area (Å²) in [6, 6.07) is 16.6. The fourth-order valence-electron chi connectivity index (χ4n) is 2.22. The molecule has 0 unspecified atom stereocenters. The minimum absolute atomic E-state index is 1.07. The van der Waals surface area contributed by atoms with Crippen LogP contribution < -0.4 is 4.58 Å². The predicted octanol–water partition coefficient (Wildman–Crippen LogP) is 9.92. The Bertz CT molecular complexity index is 891. The molecule has 0 amide bonds. The van der Waals surface area contributed by atoms with E-state index in [1.54, 1.807) is 0 Å². The Morgan fingerprint density at radius 3 is 1.17 bits per heavy atom. The van der Waals surface area contributed by atoms with Crippen molar-refractivity contribution in [3.05, 3.63) is 86.6 Å². The molecular weight excluding hydrogens is 615 g/mol. The van der Waals surface area contributed by atoms with Crippen molar-refractivity contribution in [3.8, 4) is 0 Å². The van der Waals surface area contributed by atoms with Crippen molar-refractivity contribution in [1.29, 1.82) is 0 Å². The van der Waals surface area contributed by atoms with Gasteiger partial charge in [-0.25, -0.2) is 0 Å². The second-order valence-electron chi connectivity index (χ2n) is 5.72. The van der Waals surface area contributed by atoms with Crippen molar-refractivity contribution in [1.82, 2.24) is 4.58 Å². The van der Waals surface area contributed by atoms with Gasteiger partial charge in [0.05, 0.1) is 4.83 Å². The number of rotatable bonds is 2. The van der Waals surface area contributed by atoms with Gasteiger partial charge in [0.25, 0.3) is 0 Å². The van der Waals surface area contributed by atoms with Gasteiger partial charge in [-0.15, -0.1) is 0 Å². The Hall–Kier alpha value is -0.960. The molecule has 0 fully saturated rings. The van der Waals surface area contributed by atoms with Gasteiger partial charge in [0.1, 0.15) is 0 Å². The van der Waals surface area contributed by atoms with E-state index in [2.05, 4.69) is 125 Å². The van der Waals surface area contributed by atoms with E-state index in [1.807, 2.05) is 0 Å². The van der Waals surface area contributed by atoms with Crippen LogP contribution in [0.5, 0.6) is 0 Å². The van der Waals surface area contributed by atoms with Crippen LogP contribution in [0.15, 0.2) is 81.8 Å². The first-order chi connectivity index (χ1) is 13.1. The van der Waals surface area contributed by atoms with Crippen LogP contribution in [0.25, 0.3) is 0 Å². The molecule has 2 aromatic carbocycles. The summed E-state index contributed by atoms with van der Waals surface area (Å²) >= 11 is 10.5. The molecule has 0 heterocycles. The van der Waals surface area contributed by atoms with E-state index in [-0.39, 0.29) is 0 Å². The molecule has 0 saturated carbocycles. The fourth-order valence-corrected chi connectivity index (χ4v) is 3.01. The van der Waals surface area contributed by atoms with Crippen LogP contribution in [-0.2, 0) is 0 Å². The van der Waals surface area contributed by atoms with E-state index >= 15 is 0 Å². The maximum absolute atomic E-state index is 10.7. The third-order valence-corrected chi connectivity index (χ3v) is 4.84. The summed E-state index contributed by atoms with van der Waals surface area (Å²) in [4.78, 5) is 1.07. The summed E-state index contributed by atoms with van der Waals surface area (Å²) in [5.41, 5.74) is 3.36. The molecule has 1 aliphatic rings. The van der Waals surface area contributed by atoms with Crippen molar-refractivity contribution in [2.75, 3.05) is 0 Å². The first kappa shape index (κ1) is 24.3.